The number of methoxy groups -OCH3 is 1. The number of hydrogen-bond acceptors (Lipinski definition) is 4. The Morgan fingerprint density at radius 2 is 1.95 bits per heavy atom. The summed E-state index contributed by atoms with van der Waals surface area (Å²) in [5, 5.41) is 3.62. The van der Waals surface area contributed by atoms with Crippen molar-refractivity contribution in [2.24, 2.45) is 0 Å². The lowest BCUT2D eigenvalue weighted by molar-refractivity contribution is 0.414. The van der Waals surface area contributed by atoms with Crippen molar-refractivity contribution in [2.75, 3.05) is 18.7 Å². The average Bonchev–Trinajstić information content (AvgIpc) is 2.45. The Balaban J connectivity index is 2.19. The lowest BCUT2D eigenvalue weighted by Crippen LogP contribution is -2.03. The third-order valence-corrected chi connectivity index (χ3v) is 4.42. The summed E-state index contributed by atoms with van der Waals surface area (Å²) in [5.41, 5.74) is 1.59. The van der Waals surface area contributed by atoms with Gasteiger partial charge in [0, 0.05) is 12.8 Å². The van der Waals surface area contributed by atoms with E-state index in [0.717, 1.165) is 11.3 Å². The molecule has 4 nitrogen and oxygen atoms in total. The van der Waals surface area contributed by atoms with Crippen LogP contribution >= 0.6 is 11.6 Å². The summed E-state index contributed by atoms with van der Waals surface area (Å²) < 4.78 is 28.3. The zero-order valence-corrected chi connectivity index (χ0v) is 13.3. The number of halogens is 1. The molecule has 2 rings (SSSR count). The molecule has 2 aromatic carbocycles. The van der Waals surface area contributed by atoms with Gasteiger partial charge < -0.3 is 10.1 Å². The first-order valence-corrected chi connectivity index (χ1v) is 8.53. The molecule has 0 aromatic heterocycles. The Hall–Kier alpha value is -1.72. The highest BCUT2D eigenvalue weighted by atomic mass is 35.5. The van der Waals surface area contributed by atoms with Crippen LogP contribution in [0.4, 0.5) is 5.69 Å². The van der Waals surface area contributed by atoms with Gasteiger partial charge in [-0.3, -0.25) is 0 Å². The van der Waals surface area contributed by atoms with Crippen LogP contribution in [0.5, 0.6) is 5.75 Å². The summed E-state index contributed by atoms with van der Waals surface area (Å²) in [4.78, 5) is 0.236. The van der Waals surface area contributed by atoms with Crippen LogP contribution in [0.15, 0.2) is 47.4 Å². The molecule has 112 valence electrons. The molecule has 0 radical (unpaired) electrons. The molecular weight excluding hydrogens is 310 g/mol. The van der Waals surface area contributed by atoms with Crippen molar-refractivity contribution in [3.05, 3.63) is 53.1 Å². The number of rotatable bonds is 5. The summed E-state index contributed by atoms with van der Waals surface area (Å²) in [6.07, 6.45) is 1.17. The van der Waals surface area contributed by atoms with E-state index in [-0.39, 0.29) is 4.90 Å². The molecule has 0 saturated carbocycles. The molecule has 0 spiro atoms. The second-order valence-corrected chi connectivity index (χ2v) is 7.04. The van der Waals surface area contributed by atoms with E-state index in [1.54, 1.807) is 13.2 Å². The summed E-state index contributed by atoms with van der Waals surface area (Å²) in [6.45, 7) is 0.518. The molecule has 0 amide bonds. The van der Waals surface area contributed by atoms with Crippen LogP contribution in [0.25, 0.3) is 0 Å². The lowest BCUT2D eigenvalue weighted by atomic mass is 10.2. The van der Waals surface area contributed by atoms with Crippen LogP contribution in [0, 0.1) is 0 Å². The van der Waals surface area contributed by atoms with Crippen molar-refractivity contribution >= 4 is 27.1 Å². The van der Waals surface area contributed by atoms with Crippen molar-refractivity contribution in [1.82, 2.24) is 0 Å². The molecule has 0 unspecified atom stereocenters. The van der Waals surface area contributed by atoms with E-state index in [1.165, 1.54) is 18.4 Å². The first kappa shape index (κ1) is 15.7. The quantitative estimate of drug-likeness (QED) is 0.915. The summed E-state index contributed by atoms with van der Waals surface area (Å²) in [5.74, 6) is 0.769. The van der Waals surface area contributed by atoms with Crippen LogP contribution in [0.3, 0.4) is 0 Å². The molecule has 0 saturated heterocycles. The molecular formula is C15H16ClNO3S. The molecule has 2 aromatic rings. The number of anilines is 1. The van der Waals surface area contributed by atoms with Gasteiger partial charge in [-0.25, -0.2) is 8.42 Å². The van der Waals surface area contributed by atoms with Crippen LogP contribution < -0.4 is 10.1 Å². The Morgan fingerprint density at radius 1 is 1.19 bits per heavy atom. The third-order valence-electron chi connectivity index (χ3n) is 2.98. The van der Waals surface area contributed by atoms with Gasteiger partial charge in [0.05, 0.1) is 22.7 Å². The summed E-state index contributed by atoms with van der Waals surface area (Å²) >= 11 is 6.09. The first-order valence-electron chi connectivity index (χ1n) is 6.26. The van der Waals surface area contributed by atoms with E-state index in [9.17, 15) is 8.42 Å². The fourth-order valence-electron chi connectivity index (χ4n) is 1.85. The third kappa shape index (κ3) is 4.12. The molecule has 0 fully saturated rings. The standard InChI is InChI=1S/C15H16ClNO3S/c1-20-12-5-3-4-11(8-12)10-17-15-9-13(21(2,18)19)6-7-14(15)16/h3-9,17H,10H2,1-2H3. The van der Waals surface area contributed by atoms with Gasteiger partial charge >= 0.3 is 0 Å². The van der Waals surface area contributed by atoms with Crippen molar-refractivity contribution in [3.8, 4) is 5.75 Å². The largest absolute Gasteiger partial charge is 0.497 e. The van der Waals surface area contributed by atoms with Gasteiger partial charge in [0.25, 0.3) is 0 Å². The summed E-state index contributed by atoms with van der Waals surface area (Å²) in [7, 11) is -1.64. The van der Waals surface area contributed by atoms with E-state index in [1.807, 2.05) is 24.3 Å². The predicted molar refractivity (Wildman–Crippen MR) is 84.9 cm³/mol. The number of sulfone groups is 1. The van der Waals surface area contributed by atoms with Crippen molar-refractivity contribution < 1.29 is 13.2 Å². The molecule has 0 atom stereocenters. The maximum atomic E-state index is 11.6. The zero-order valence-electron chi connectivity index (χ0n) is 11.8. The van der Waals surface area contributed by atoms with Gasteiger partial charge in [0.2, 0.25) is 0 Å². The van der Waals surface area contributed by atoms with Gasteiger partial charge in [-0.05, 0) is 35.9 Å². The molecule has 0 bridgehead atoms. The molecule has 1 N–H and O–H groups in total. The fourth-order valence-corrected chi connectivity index (χ4v) is 2.68. The van der Waals surface area contributed by atoms with Crippen LogP contribution in [0.1, 0.15) is 5.56 Å². The van der Waals surface area contributed by atoms with E-state index >= 15 is 0 Å². The average molecular weight is 326 g/mol. The normalized spacial score (nSPS) is 11.2. The van der Waals surface area contributed by atoms with E-state index in [4.69, 9.17) is 16.3 Å². The minimum Gasteiger partial charge on any atom is -0.497 e. The van der Waals surface area contributed by atoms with Crippen molar-refractivity contribution in [1.29, 1.82) is 0 Å². The van der Waals surface area contributed by atoms with Gasteiger partial charge in [-0.2, -0.15) is 0 Å². The monoisotopic (exact) mass is 325 g/mol. The maximum Gasteiger partial charge on any atom is 0.175 e. The van der Waals surface area contributed by atoms with Gasteiger partial charge in [0.1, 0.15) is 5.75 Å². The second kappa shape index (κ2) is 6.37. The smallest absolute Gasteiger partial charge is 0.175 e. The van der Waals surface area contributed by atoms with E-state index in [2.05, 4.69) is 5.32 Å². The maximum absolute atomic E-state index is 11.6. The lowest BCUT2D eigenvalue weighted by Gasteiger charge is -2.11. The minimum absolute atomic E-state index is 0.236. The van der Waals surface area contributed by atoms with Crippen LogP contribution in [-0.4, -0.2) is 21.8 Å². The first-order chi connectivity index (χ1) is 9.90. The highest BCUT2D eigenvalue weighted by Crippen LogP contribution is 2.26. The number of ether oxygens (including phenoxy) is 1. The van der Waals surface area contributed by atoms with E-state index < -0.39 is 9.84 Å². The molecule has 21 heavy (non-hydrogen) atoms. The minimum atomic E-state index is -3.25. The highest BCUT2D eigenvalue weighted by Gasteiger charge is 2.10. The van der Waals surface area contributed by atoms with Gasteiger partial charge in [-0.1, -0.05) is 23.7 Å². The Bertz CT molecular complexity index is 744. The predicted octanol–water partition coefficient (Wildman–Crippen LogP) is 3.36. The van der Waals surface area contributed by atoms with Gasteiger partial charge in [-0.15, -0.1) is 0 Å². The zero-order chi connectivity index (χ0) is 15.5. The molecule has 0 aliphatic rings. The molecule has 6 heteroatoms. The topological polar surface area (TPSA) is 55.4 Å². The van der Waals surface area contributed by atoms with Crippen LogP contribution in [-0.2, 0) is 16.4 Å². The SMILES string of the molecule is COc1cccc(CNc2cc(S(C)(=O)=O)ccc2Cl)c1. The Morgan fingerprint density at radius 3 is 2.62 bits per heavy atom. The molecule has 0 aliphatic carbocycles. The second-order valence-electron chi connectivity index (χ2n) is 4.62. The Labute approximate surface area is 129 Å². The fraction of sp³-hybridized carbons (Fsp3) is 0.200. The van der Waals surface area contributed by atoms with Gasteiger partial charge in [0.15, 0.2) is 9.84 Å². The van der Waals surface area contributed by atoms with Crippen molar-refractivity contribution in [3.63, 3.8) is 0 Å². The number of nitrogens with one attached hydrogen (secondary N) is 1. The summed E-state index contributed by atoms with van der Waals surface area (Å²) in [6, 6.07) is 12.2. The Kier molecular flexibility index (Phi) is 4.75. The molecule has 0 aliphatic heterocycles. The van der Waals surface area contributed by atoms with E-state index in [0.29, 0.717) is 17.3 Å². The number of hydrogen-bond donors (Lipinski definition) is 1. The van der Waals surface area contributed by atoms with Crippen LogP contribution in [0.2, 0.25) is 5.02 Å². The molecule has 0 heterocycles. The number of benzene rings is 2. The van der Waals surface area contributed by atoms with Crippen molar-refractivity contribution in [2.45, 2.75) is 11.4 Å². The highest BCUT2D eigenvalue weighted by molar-refractivity contribution is 7.90.